The highest BCUT2D eigenvalue weighted by atomic mass is 35.5. The lowest BCUT2D eigenvalue weighted by molar-refractivity contribution is -0.117. The van der Waals surface area contributed by atoms with Crippen LogP contribution in [0.15, 0.2) is 30.5 Å². The van der Waals surface area contributed by atoms with Gasteiger partial charge in [0.05, 0.1) is 32.3 Å². The van der Waals surface area contributed by atoms with Crippen molar-refractivity contribution in [1.29, 1.82) is 0 Å². The van der Waals surface area contributed by atoms with Crippen LogP contribution in [0, 0.1) is 0 Å². The van der Waals surface area contributed by atoms with Crippen LogP contribution in [-0.2, 0) is 4.79 Å². The molecule has 26 heavy (non-hydrogen) atoms. The van der Waals surface area contributed by atoms with Gasteiger partial charge in [0.2, 0.25) is 5.91 Å². The number of pyridine rings is 1. The Morgan fingerprint density at radius 1 is 1.00 bits per heavy atom. The van der Waals surface area contributed by atoms with Crippen LogP contribution in [0.5, 0.6) is 0 Å². The molecule has 2 heterocycles. The van der Waals surface area contributed by atoms with Crippen molar-refractivity contribution in [3.05, 3.63) is 50.6 Å². The van der Waals surface area contributed by atoms with Crippen molar-refractivity contribution in [2.75, 3.05) is 42.9 Å². The zero-order chi connectivity index (χ0) is 18.7. The van der Waals surface area contributed by atoms with Gasteiger partial charge < -0.3 is 10.2 Å². The Morgan fingerprint density at radius 2 is 1.69 bits per heavy atom. The molecule has 0 spiro atoms. The molecule has 2 aromatic rings. The minimum absolute atomic E-state index is 0.150. The summed E-state index contributed by atoms with van der Waals surface area (Å²) in [5.74, 6) is 0.740. The SMILES string of the molecule is O=C(CN1CCN(c2ccc(Cl)cn2)CC1)Nc1cc(Cl)c(Cl)cc1Cl. The zero-order valence-electron chi connectivity index (χ0n) is 13.7. The van der Waals surface area contributed by atoms with Crippen LogP contribution >= 0.6 is 46.4 Å². The summed E-state index contributed by atoms with van der Waals surface area (Å²) in [7, 11) is 0. The second kappa shape index (κ2) is 8.63. The topological polar surface area (TPSA) is 48.5 Å². The Kier molecular flexibility index (Phi) is 6.48. The number of halogens is 4. The van der Waals surface area contributed by atoms with Crippen molar-refractivity contribution in [2.24, 2.45) is 0 Å². The van der Waals surface area contributed by atoms with Crippen LogP contribution in [0.3, 0.4) is 0 Å². The predicted octanol–water partition coefficient (Wildman–Crippen LogP) is 4.46. The maximum absolute atomic E-state index is 12.3. The number of aromatic nitrogens is 1. The lowest BCUT2D eigenvalue weighted by Gasteiger charge is -2.35. The highest BCUT2D eigenvalue weighted by Crippen LogP contribution is 2.32. The van der Waals surface area contributed by atoms with Gasteiger partial charge in [0.25, 0.3) is 0 Å². The maximum Gasteiger partial charge on any atom is 0.238 e. The van der Waals surface area contributed by atoms with E-state index >= 15 is 0 Å². The first-order valence-electron chi connectivity index (χ1n) is 7.95. The summed E-state index contributed by atoms with van der Waals surface area (Å²) >= 11 is 23.8. The molecule has 0 atom stereocenters. The number of piperazine rings is 1. The molecule has 9 heteroatoms. The Morgan fingerprint density at radius 3 is 2.35 bits per heavy atom. The molecular formula is C17H16Cl4N4O. The van der Waals surface area contributed by atoms with Gasteiger partial charge in [-0.15, -0.1) is 0 Å². The lowest BCUT2D eigenvalue weighted by atomic mass is 10.3. The monoisotopic (exact) mass is 432 g/mol. The Hall–Kier alpha value is -1.24. The Bertz CT molecular complexity index is 792. The highest BCUT2D eigenvalue weighted by molar-refractivity contribution is 6.44. The third-order valence-electron chi connectivity index (χ3n) is 4.06. The molecule has 0 bridgehead atoms. The number of nitrogens with zero attached hydrogens (tertiary/aromatic N) is 3. The number of carbonyl (C=O) groups is 1. The number of amides is 1. The summed E-state index contributed by atoms with van der Waals surface area (Å²) in [6.45, 7) is 3.36. The van der Waals surface area contributed by atoms with Gasteiger partial charge in [0, 0.05) is 32.4 Å². The van der Waals surface area contributed by atoms with E-state index in [1.54, 1.807) is 12.3 Å². The summed E-state index contributed by atoms with van der Waals surface area (Å²) in [6, 6.07) is 6.79. The molecule has 0 unspecified atom stereocenters. The highest BCUT2D eigenvalue weighted by Gasteiger charge is 2.20. The summed E-state index contributed by atoms with van der Waals surface area (Å²) in [5.41, 5.74) is 0.454. The van der Waals surface area contributed by atoms with E-state index in [1.165, 1.54) is 6.07 Å². The number of hydrogen-bond acceptors (Lipinski definition) is 4. The summed E-state index contributed by atoms with van der Waals surface area (Å²) in [4.78, 5) is 20.9. The number of carbonyl (C=O) groups excluding carboxylic acids is 1. The average molecular weight is 434 g/mol. The van der Waals surface area contributed by atoms with E-state index in [0.717, 1.165) is 32.0 Å². The number of nitrogens with one attached hydrogen (secondary N) is 1. The number of benzene rings is 1. The molecule has 1 amide bonds. The van der Waals surface area contributed by atoms with Crippen molar-refractivity contribution in [3.8, 4) is 0 Å². The fourth-order valence-electron chi connectivity index (χ4n) is 2.70. The largest absolute Gasteiger partial charge is 0.354 e. The zero-order valence-corrected chi connectivity index (χ0v) is 16.7. The number of rotatable bonds is 4. The first-order valence-corrected chi connectivity index (χ1v) is 9.47. The van der Waals surface area contributed by atoms with E-state index in [0.29, 0.717) is 25.8 Å². The van der Waals surface area contributed by atoms with Gasteiger partial charge in [-0.1, -0.05) is 46.4 Å². The van der Waals surface area contributed by atoms with E-state index in [9.17, 15) is 4.79 Å². The molecule has 1 aliphatic rings. The summed E-state index contributed by atoms with van der Waals surface area (Å²) in [6.07, 6.45) is 1.64. The second-order valence-corrected chi connectivity index (χ2v) is 7.55. The second-order valence-electron chi connectivity index (χ2n) is 5.89. The molecule has 138 valence electrons. The lowest BCUT2D eigenvalue weighted by Crippen LogP contribution is -2.48. The van der Waals surface area contributed by atoms with Crippen molar-refractivity contribution < 1.29 is 4.79 Å². The van der Waals surface area contributed by atoms with Gasteiger partial charge in [0.1, 0.15) is 5.82 Å². The van der Waals surface area contributed by atoms with Crippen LogP contribution in [0.1, 0.15) is 0 Å². The number of hydrogen-bond donors (Lipinski definition) is 1. The molecule has 1 aliphatic heterocycles. The van der Waals surface area contributed by atoms with E-state index in [2.05, 4.69) is 20.1 Å². The minimum atomic E-state index is -0.150. The standard InChI is InChI=1S/C17H16Cl4N4O/c18-11-1-2-16(22-9-11)25-5-3-24(4-6-25)10-17(26)23-15-8-13(20)12(19)7-14(15)21/h1-2,7-9H,3-6,10H2,(H,23,26). The van der Waals surface area contributed by atoms with E-state index in [-0.39, 0.29) is 12.5 Å². The third-order valence-corrected chi connectivity index (χ3v) is 5.32. The Balaban J connectivity index is 1.52. The van der Waals surface area contributed by atoms with Gasteiger partial charge in [-0.3, -0.25) is 9.69 Å². The van der Waals surface area contributed by atoms with Gasteiger partial charge in [-0.25, -0.2) is 4.98 Å². The van der Waals surface area contributed by atoms with Crippen LogP contribution in [0.2, 0.25) is 20.1 Å². The summed E-state index contributed by atoms with van der Waals surface area (Å²) in [5, 5.41) is 4.44. The van der Waals surface area contributed by atoms with Crippen molar-refractivity contribution in [1.82, 2.24) is 9.88 Å². The fraction of sp³-hybridized carbons (Fsp3) is 0.294. The molecule has 0 radical (unpaired) electrons. The van der Waals surface area contributed by atoms with Crippen LogP contribution < -0.4 is 10.2 Å². The average Bonchev–Trinajstić information content (AvgIpc) is 2.61. The molecule has 1 fully saturated rings. The molecule has 5 nitrogen and oxygen atoms in total. The van der Waals surface area contributed by atoms with Gasteiger partial charge >= 0.3 is 0 Å². The quantitative estimate of drug-likeness (QED) is 0.723. The van der Waals surface area contributed by atoms with Gasteiger partial charge in [0.15, 0.2) is 0 Å². The molecule has 0 aliphatic carbocycles. The fourth-order valence-corrected chi connectivity index (χ4v) is 3.41. The first kappa shape index (κ1) is 19.5. The van der Waals surface area contributed by atoms with Crippen molar-refractivity contribution in [3.63, 3.8) is 0 Å². The van der Waals surface area contributed by atoms with Gasteiger partial charge in [-0.05, 0) is 24.3 Å². The van der Waals surface area contributed by atoms with Crippen LogP contribution in [-0.4, -0.2) is 48.5 Å². The molecular weight excluding hydrogens is 418 g/mol. The smallest absolute Gasteiger partial charge is 0.238 e. The minimum Gasteiger partial charge on any atom is -0.354 e. The molecule has 0 saturated carbocycles. The Labute approximate surface area is 171 Å². The molecule has 3 rings (SSSR count). The van der Waals surface area contributed by atoms with E-state index < -0.39 is 0 Å². The molecule has 1 aromatic carbocycles. The predicted molar refractivity (Wildman–Crippen MR) is 108 cm³/mol. The van der Waals surface area contributed by atoms with Crippen molar-refractivity contribution in [2.45, 2.75) is 0 Å². The van der Waals surface area contributed by atoms with Crippen LogP contribution in [0.4, 0.5) is 11.5 Å². The van der Waals surface area contributed by atoms with E-state index in [4.69, 9.17) is 46.4 Å². The molecule has 1 saturated heterocycles. The van der Waals surface area contributed by atoms with Crippen LogP contribution in [0.25, 0.3) is 0 Å². The summed E-state index contributed by atoms with van der Waals surface area (Å²) < 4.78 is 0. The maximum atomic E-state index is 12.3. The number of anilines is 2. The van der Waals surface area contributed by atoms with Gasteiger partial charge in [-0.2, -0.15) is 0 Å². The molecule has 1 N–H and O–H groups in total. The normalized spacial score (nSPS) is 15.2. The van der Waals surface area contributed by atoms with Crippen molar-refractivity contribution >= 4 is 63.8 Å². The van der Waals surface area contributed by atoms with E-state index in [1.807, 2.05) is 12.1 Å². The first-order chi connectivity index (χ1) is 12.4. The molecule has 1 aromatic heterocycles. The third kappa shape index (κ3) is 4.93.